The molecule has 1 unspecified atom stereocenters. The molecular formula is C18H22O2. The molecule has 0 spiro atoms. The maximum atomic E-state index is 11.6. The lowest BCUT2D eigenvalue weighted by molar-refractivity contribution is -0.153. The SMILES string of the molecule is C=CCC1=CC(CCCC)(OC(C)=O)c2ccccc21. The van der Waals surface area contributed by atoms with Gasteiger partial charge in [0.15, 0.2) is 5.60 Å². The molecule has 0 N–H and O–H groups in total. The average Bonchev–Trinajstić information content (AvgIpc) is 2.72. The average molecular weight is 270 g/mol. The van der Waals surface area contributed by atoms with Crippen LogP contribution in [0.5, 0.6) is 0 Å². The van der Waals surface area contributed by atoms with Crippen molar-refractivity contribution < 1.29 is 9.53 Å². The van der Waals surface area contributed by atoms with E-state index in [0.29, 0.717) is 0 Å². The second-order valence-corrected chi connectivity index (χ2v) is 5.29. The summed E-state index contributed by atoms with van der Waals surface area (Å²) in [4.78, 5) is 11.6. The highest BCUT2D eigenvalue weighted by atomic mass is 16.6. The van der Waals surface area contributed by atoms with Crippen LogP contribution < -0.4 is 0 Å². The number of benzene rings is 1. The van der Waals surface area contributed by atoms with E-state index < -0.39 is 5.60 Å². The summed E-state index contributed by atoms with van der Waals surface area (Å²) in [6.07, 6.45) is 7.75. The number of fused-ring (bicyclic) bond motifs is 1. The van der Waals surface area contributed by atoms with Crippen LogP contribution in [0.25, 0.3) is 5.57 Å². The summed E-state index contributed by atoms with van der Waals surface area (Å²) in [6, 6.07) is 8.20. The van der Waals surface area contributed by atoms with E-state index in [1.165, 1.54) is 18.1 Å². The fourth-order valence-corrected chi connectivity index (χ4v) is 2.93. The van der Waals surface area contributed by atoms with Crippen molar-refractivity contribution in [2.75, 3.05) is 0 Å². The highest BCUT2D eigenvalue weighted by Crippen LogP contribution is 2.45. The van der Waals surface area contributed by atoms with Crippen molar-refractivity contribution in [2.24, 2.45) is 0 Å². The zero-order valence-electron chi connectivity index (χ0n) is 12.3. The smallest absolute Gasteiger partial charge is 0.303 e. The van der Waals surface area contributed by atoms with E-state index in [0.717, 1.165) is 31.2 Å². The molecule has 2 rings (SSSR count). The third-order valence-electron chi connectivity index (χ3n) is 3.73. The monoisotopic (exact) mass is 270 g/mol. The van der Waals surface area contributed by atoms with Crippen LogP contribution in [0.2, 0.25) is 0 Å². The number of carbonyl (C=O) groups is 1. The predicted molar refractivity (Wildman–Crippen MR) is 82.2 cm³/mol. The number of unbranched alkanes of at least 4 members (excludes halogenated alkanes) is 1. The number of carbonyl (C=O) groups excluding carboxylic acids is 1. The standard InChI is InChI=1S/C18H22O2/c1-4-6-12-18(20-14(3)19)13-15(9-5-2)16-10-7-8-11-17(16)18/h5,7-8,10-11,13H,2,4,6,9,12H2,1,3H3. The summed E-state index contributed by atoms with van der Waals surface area (Å²) >= 11 is 0. The molecule has 2 heteroatoms. The summed E-state index contributed by atoms with van der Waals surface area (Å²) in [5, 5.41) is 0. The highest BCUT2D eigenvalue weighted by molar-refractivity contribution is 5.78. The van der Waals surface area contributed by atoms with Crippen molar-refractivity contribution in [1.82, 2.24) is 0 Å². The van der Waals surface area contributed by atoms with Gasteiger partial charge in [-0.3, -0.25) is 4.79 Å². The first-order valence-electron chi connectivity index (χ1n) is 7.25. The second-order valence-electron chi connectivity index (χ2n) is 5.29. The van der Waals surface area contributed by atoms with Crippen LogP contribution in [0.4, 0.5) is 0 Å². The lowest BCUT2D eigenvalue weighted by atomic mass is 9.90. The van der Waals surface area contributed by atoms with Crippen LogP contribution in [0.3, 0.4) is 0 Å². The van der Waals surface area contributed by atoms with Gasteiger partial charge in [-0.25, -0.2) is 0 Å². The van der Waals surface area contributed by atoms with E-state index in [9.17, 15) is 4.79 Å². The molecule has 1 aliphatic carbocycles. The van der Waals surface area contributed by atoms with E-state index in [4.69, 9.17) is 4.74 Å². The zero-order valence-corrected chi connectivity index (χ0v) is 12.3. The molecule has 0 saturated carbocycles. The van der Waals surface area contributed by atoms with Crippen LogP contribution in [-0.4, -0.2) is 5.97 Å². The number of esters is 1. The molecule has 0 fully saturated rings. The largest absolute Gasteiger partial charge is 0.450 e. The Labute approximate surface area is 121 Å². The Kier molecular flexibility index (Phi) is 4.43. The lowest BCUT2D eigenvalue weighted by Crippen LogP contribution is -2.28. The number of rotatable bonds is 6. The highest BCUT2D eigenvalue weighted by Gasteiger charge is 2.39. The lowest BCUT2D eigenvalue weighted by Gasteiger charge is -2.28. The summed E-state index contributed by atoms with van der Waals surface area (Å²) in [7, 11) is 0. The number of hydrogen-bond acceptors (Lipinski definition) is 2. The van der Waals surface area contributed by atoms with E-state index in [1.807, 2.05) is 18.2 Å². The molecule has 1 aromatic rings. The quantitative estimate of drug-likeness (QED) is 0.557. The van der Waals surface area contributed by atoms with Crippen molar-refractivity contribution in [3.05, 3.63) is 54.1 Å². The van der Waals surface area contributed by atoms with Crippen molar-refractivity contribution in [3.8, 4) is 0 Å². The third kappa shape index (κ3) is 2.69. The summed E-state index contributed by atoms with van der Waals surface area (Å²) < 4.78 is 5.75. The van der Waals surface area contributed by atoms with Crippen molar-refractivity contribution in [2.45, 2.75) is 45.1 Å². The van der Waals surface area contributed by atoms with E-state index in [2.05, 4.69) is 31.7 Å². The second kappa shape index (κ2) is 6.08. The molecule has 0 bridgehead atoms. The molecule has 0 saturated heterocycles. The third-order valence-corrected chi connectivity index (χ3v) is 3.73. The van der Waals surface area contributed by atoms with Crippen LogP contribution in [0.1, 0.15) is 50.7 Å². The molecule has 1 atom stereocenters. The van der Waals surface area contributed by atoms with Gasteiger partial charge in [0.05, 0.1) is 0 Å². The van der Waals surface area contributed by atoms with E-state index >= 15 is 0 Å². The minimum atomic E-state index is -0.587. The Morgan fingerprint density at radius 2 is 2.15 bits per heavy atom. The van der Waals surface area contributed by atoms with Crippen molar-refractivity contribution in [1.29, 1.82) is 0 Å². The van der Waals surface area contributed by atoms with Gasteiger partial charge in [0.1, 0.15) is 0 Å². The molecule has 0 aromatic heterocycles. The normalized spacial score (nSPS) is 20.2. The maximum absolute atomic E-state index is 11.6. The van der Waals surface area contributed by atoms with Crippen LogP contribution in [0.15, 0.2) is 43.0 Å². The Bertz CT molecular complexity index is 542. The fourth-order valence-electron chi connectivity index (χ4n) is 2.93. The molecular weight excluding hydrogens is 248 g/mol. The van der Waals surface area contributed by atoms with E-state index in [1.54, 1.807) is 0 Å². The van der Waals surface area contributed by atoms with Gasteiger partial charge in [0.25, 0.3) is 0 Å². The summed E-state index contributed by atoms with van der Waals surface area (Å²) in [6.45, 7) is 7.45. The molecule has 0 radical (unpaired) electrons. The molecule has 1 aromatic carbocycles. The van der Waals surface area contributed by atoms with Gasteiger partial charge in [-0.05, 0) is 36.5 Å². The topological polar surface area (TPSA) is 26.3 Å². The van der Waals surface area contributed by atoms with Crippen molar-refractivity contribution >= 4 is 11.5 Å². The Morgan fingerprint density at radius 3 is 2.80 bits per heavy atom. The van der Waals surface area contributed by atoms with Gasteiger partial charge in [0.2, 0.25) is 0 Å². The van der Waals surface area contributed by atoms with Gasteiger partial charge >= 0.3 is 5.97 Å². The molecule has 0 heterocycles. The molecule has 2 nitrogen and oxygen atoms in total. The van der Waals surface area contributed by atoms with Crippen LogP contribution in [-0.2, 0) is 15.1 Å². The molecule has 20 heavy (non-hydrogen) atoms. The number of allylic oxidation sites excluding steroid dienone is 2. The maximum Gasteiger partial charge on any atom is 0.303 e. The van der Waals surface area contributed by atoms with E-state index in [-0.39, 0.29) is 5.97 Å². The summed E-state index contributed by atoms with van der Waals surface area (Å²) in [5.74, 6) is -0.230. The van der Waals surface area contributed by atoms with Crippen LogP contribution >= 0.6 is 0 Å². The Balaban J connectivity index is 2.49. The van der Waals surface area contributed by atoms with Gasteiger partial charge in [-0.1, -0.05) is 43.7 Å². The molecule has 0 aliphatic heterocycles. The minimum absolute atomic E-state index is 0.230. The molecule has 106 valence electrons. The van der Waals surface area contributed by atoms with Crippen molar-refractivity contribution in [3.63, 3.8) is 0 Å². The van der Waals surface area contributed by atoms with Gasteiger partial charge in [-0.15, -0.1) is 6.58 Å². The minimum Gasteiger partial charge on any atom is -0.450 e. The Hall–Kier alpha value is -1.83. The first-order valence-corrected chi connectivity index (χ1v) is 7.25. The van der Waals surface area contributed by atoms with Gasteiger partial charge < -0.3 is 4.74 Å². The fraction of sp³-hybridized carbons (Fsp3) is 0.389. The first-order chi connectivity index (χ1) is 9.63. The predicted octanol–water partition coefficient (Wildman–Crippen LogP) is 4.61. The number of ether oxygens (including phenoxy) is 1. The molecule has 1 aliphatic rings. The first kappa shape index (κ1) is 14.6. The number of hydrogen-bond donors (Lipinski definition) is 0. The molecule has 0 amide bonds. The van der Waals surface area contributed by atoms with Crippen LogP contribution in [0, 0.1) is 0 Å². The Morgan fingerprint density at radius 1 is 1.40 bits per heavy atom. The van der Waals surface area contributed by atoms with Gasteiger partial charge in [-0.2, -0.15) is 0 Å². The summed E-state index contributed by atoms with van der Waals surface area (Å²) in [5.41, 5.74) is 2.91. The zero-order chi connectivity index (χ0) is 14.6. The van der Waals surface area contributed by atoms with Gasteiger partial charge in [0, 0.05) is 12.5 Å².